The summed E-state index contributed by atoms with van der Waals surface area (Å²) in [6.45, 7) is 0.592. The molecule has 0 bridgehead atoms. The Hall–Kier alpha value is -2.63. The molecule has 1 aliphatic heterocycles. The average molecular weight is 342 g/mol. The number of aromatic nitrogens is 1. The highest BCUT2D eigenvalue weighted by atomic mass is 19.2. The van der Waals surface area contributed by atoms with Crippen molar-refractivity contribution in [2.75, 3.05) is 6.54 Å². The van der Waals surface area contributed by atoms with E-state index in [2.05, 4.69) is 9.98 Å². The second-order valence-corrected chi connectivity index (χ2v) is 6.65. The van der Waals surface area contributed by atoms with Gasteiger partial charge in [0.1, 0.15) is 11.8 Å². The molecule has 0 saturated heterocycles. The van der Waals surface area contributed by atoms with Crippen LogP contribution in [0.4, 0.5) is 8.78 Å². The van der Waals surface area contributed by atoms with Crippen LogP contribution in [0, 0.1) is 29.4 Å². The number of Topliss-reactive ketones (excluding diaryl/α,β-unsaturated/α-hetero) is 1. The van der Waals surface area contributed by atoms with Crippen molar-refractivity contribution in [2.24, 2.45) is 22.7 Å². The predicted molar refractivity (Wildman–Crippen MR) is 86.4 cm³/mol. The molecular formula is C19H16F2N2O2. The summed E-state index contributed by atoms with van der Waals surface area (Å²) in [5.74, 6) is -1.74. The van der Waals surface area contributed by atoms with Gasteiger partial charge in [0.15, 0.2) is 17.4 Å². The molecule has 3 atom stereocenters. The highest BCUT2D eigenvalue weighted by molar-refractivity contribution is 5.97. The predicted octanol–water partition coefficient (Wildman–Crippen LogP) is 1.58. The molecule has 4 rings (SSSR count). The van der Waals surface area contributed by atoms with Crippen molar-refractivity contribution in [1.29, 1.82) is 0 Å². The number of nitrogens with one attached hydrogen (secondary N) is 1. The molecule has 1 aromatic heterocycles. The van der Waals surface area contributed by atoms with Gasteiger partial charge < -0.3 is 9.78 Å². The van der Waals surface area contributed by atoms with Crippen LogP contribution in [0.5, 0.6) is 0 Å². The van der Waals surface area contributed by atoms with Crippen LogP contribution in [0.3, 0.4) is 0 Å². The largest absolute Gasteiger partial charge is 0.346 e. The molecule has 1 saturated carbocycles. The minimum absolute atomic E-state index is 0.0347. The summed E-state index contributed by atoms with van der Waals surface area (Å²) in [7, 11) is 0. The fourth-order valence-corrected chi connectivity index (χ4v) is 3.51. The van der Waals surface area contributed by atoms with Crippen LogP contribution in [0.2, 0.25) is 0 Å². The number of benzene rings is 1. The van der Waals surface area contributed by atoms with Gasteiger partial charge >= 0.3 is 0 Å². The third kappa shape index (κ3) is 2.81. The van der Waals surface area contributed by atoms with Crippen molar-refractivity contribution in [3.8, 4) is 0 Å². The maximum atomic E-state index is 13.8. The Kier molecular flexibility index (Phi) is 3.82. The Labute approximate surface area is 142 Å². The zero-order valence-electron chi connectivity index (χ0n) is 13.3. The van der Waals surface area contributed by atoms with Gasteiger partial charge in [-0.2, -0.15) is 0 Å². The number of rotatable bonds is 5. The molecule has 2 heterocycles. The lowest BCUT2D eigenvalue weighted by molar-refractivity contribution is -0.109. The number of aldehydes is 1. The van der Waals surface area contributed by atoms with Gasteiger partial charge in [0.2, 0.25) is 0 Å². The summed E-state index contributed by atoms with van der Waals surface area (Å²) in [5, 5.41) is 0.703. The fourth-order valence-electron chi connectivity index (χ4n) is 3.51. The summed E-state index contributed by atoms with van der Waals surface area (Å²) in [4.78, 5) is 30.9. The maximum Gasteiger partial charge on any atom is 0.169 e. The van der Waals surface area contributed by atoms with Gasteiger partial charge in [0.05, 0.1) is 0 Å². The first-order valence-electron chi connectivity index (χ1n) is 8.23. The van der Waals surface area contributed by atoms with E-state index in [9.17, 15) is 18.4 Å². The van der Waals surface area contributed by atoms with E-state index >= 15 is 0 Å². The first kappa shape index (κ1) is 15.9. The lowest BCUT2D eigenvalue weighted by Crippen LogP contribution is -2.34. The first-order valence-corrected chi connectivity index (χ1v) is 8.23. The molecule has 1 aliphatic carbocycles. The van der Waals surface area contributed by atoms with Crippen molar-refractivity contribution in [2.45, 2.75) is 12.8 Å². The Morgan fingerprint density at radius 2 is 2.20 bits per heavy atom. The van der Waals surface area contributed by atoms with Gasteiger partial charge in [-0.15, -0.1) is 0 Å². The molecular weight excluding hydrogens is 326 g/mol. The third-order valence-corrected chi connectivity index (χ3v) is 5.04. The van der Waals surface area contributed by atoms with Crippen LogP contribution in [0.15, 0.2) is 29.4 Å². The number of hydrogen-bond donors (Lipinski definition) is 1. The van der Waals surface area contributed by atoms with Crippen LogP contribution >= 0.6 is 0 Å². The molecule has 4 nitrogen and oxygen atoms in total. The summed E-state index contributed by atoms with van der Waals surface area (Å²) >= 11 is 0. The Balaban J connectivity index is 1.63. The molecule has 1 unspecified atom stereocenters. The number of carbonyl (C=O) groups excluding carboxylic acids is 2. The fraction of sp³-hybridized carbons (Fsp3) is 0.316. The number of carbonyl (C=O) groups is 2. The molecule has 2 aliphatic rings. The molecule has 128 valence electrons. The average Bonchev–Trinajstić information content (AvgIpc) is 3.29. The number of nitrogens with zero attached hydrogens (tertiary/aromatic N) is 1. The number of aromatic amines is 1. The van der Waals surface area contributed by atoms with E-state index in [1.807, 2.05) is 6.08 Å². The van der Waals surface area contributed by atoms with Gasteiger partial charge in [-0.1, -0.05) is 18.2 Å². The number of ketones is 1. The van der Waals surface area contributed by atoms with Crippen LogP contribution in [-0.4, -0.2) is 23.6 Å². The normalized spacial score (nSPS) is 24.0. The molecule has 25 heavy (non-hydrogen) atoms. The quantitative estimate of drug-likeness (QED) is 0.662. The van der Waals surface area contributed by atoms with Gasteiger partial charge in [0, 0.05) is 41.8 Å². The van der Waals surface area contributed by atoms with E-state index in [1.54, 1.807) is 6.20 Å². The zero-order valence-corrected chi connectivity index (χ0v) is 13.3. The lowest BCUT2D eigenvalue weighted by atomic mass is 9.97. The summed E-state index contributed by atoms with van der Waals surface area (Å²) in [6.07, 6.45) is 5.17. The minimum Gasteiger partial charge on any atom is -0.346 e. The second kappa shape index (κ2) is 6.02. The van der Waals surface area contributed by atoms with E-state index < -0.39 is 11.6 Å². The highest BCUT2D eigenvalue weighted by Crippen LogP contribution is 2.43. The highest BCUT2D eigenvalue weighted by Gasteiger charge is 2.42. The molecule has 2 aromatic rings. The van der Waals surface area contributed by atoms with Gasteiger partial charge in [-0.05, 0) is 24.0 Å². The van der Waals surface area contributed by atoms with E-state index in [0.717, 1.165) is 18.8 Å². The third-order valence-electron chi connectivity index (χ3n) is 5.04. The molecule has 0 amide bonds. The molecule has 0 radical (unpaired) electrons. The minimum atomic E-state index is -0.987. The van der Waals surface area contributed by atoms with Gasteiger partial charge in [0.25, 0.3) is 0 Å². The smallest absolute Gasteiger partial charge is 0.169 e. The Morgan fingerprint density at radius 1 is 1.36 bits per heavy atom. The summed E-state index contributed by atoms with van der Waals surface area (Å²) < 4.78 is 27.1. The van der Waals surface area contributed by atoms with Gasteiger partial charge in [-0.3, -0.25) is 9.79 Å². The van der Waals surface area contributed by atoms with Crippen LogP contribution < -0.4 is 10.7 Å². The number of fused-ring (bicyclic) bond motifs is 1. The van der Waals surface area contributed by atoms with Crippen molar-refractivity contribution in [1.82, 2.24) is 4.98 Å². The summed E-state index contributed by atoms with van der Waals surface area (Å²) in [6, 6.07) is 3.82. The van der Waals surface area contributed by atoms with Gasteiger partial charge in [-0.25, -0.2) is 8.78 Å². The molecule has 0 spiro atoms. The van der Waals surface area contributed by atoms with Crippen molar-refractivity contribution in [3.05, 3.63) is 57.9 Å². The van der Waals surface area contributed by atoms with E-state index in [-0.39, 0.29) is 35.5 Å². The van der Waals surface area contributed by atoms with Crippen molar-refractivity contribution >= 4 is 18.1 Å². The first-order chi connectivity index (χ1) is 12.1. The molecule has 1 aromatic carbocycles. The topological polar surface area (TPSA) is 62.3 Å². The molecule has 6 heteroatoms. The number of hydrogen-bond acceptors (Lipinski definition) is 3. The SMILES string of the molecule is O=C[C@@H]1C[C@H]1C1C=c2c(C(=O)Cc3cccc(F)c3F)c[nH]c2=NC1. The monoisotopic (exact) mass is 342 g/mol. The number of halogens is 2. The molecule has 1 fully saturated rings. The van der Waals surface area contributed by atoms with Crippen LogP contribution in [0.1, 0.15) is 22.3 Å². The zero-order chi connectivity index (χ0) is 17.6. The van der Waals surface area contributed by atoms with E-state index in [4.69, 9.17) is 0 Å². The van der Waals surface area contributed by atoms with Crippen LogP contribution in [0.25, 0.3) is 6.08 Å². The molecule has 1 N–H and O–H groups in total. The van der Waals surface area contributed by atoms with Crippen LogP contribution in [-0.2, 0) is 11.2 Å². The Morgan fingerprint density at radius 3 is 2.96 bits per heavy atom. The van der Waals surface area contributed by atoms with Crippen molar-refractivity contribution < 1.29 is 18.4 Å². The summed E-state index contributed by atoms with van der Waals surface area (Å²) in [5.41, 5.74) is 1.09. The van der Waals surface area contributed by atoms with E-state index in [0.29, 0.717) is 22.8 Å². The van der Waals surface area contributed by atoms with E-state index in [1.165, 1.54) is 12.1 Å². The number of H-pyrrole nitrogens is 1. The second-order valence-electron chi connectivity index (χ2n) is 6.65. The van der Waals surface area contributed by atoms with Crippen molar-refractivity contribution in [3.63, 3.8) is 0 Å². The standard InChI is InChI=1S/C19H16F2N2O2/c20-16-3-1-2-10(18(16)21)6-17(25)15-8-23-19-14(15)4-11(7-22-19)13-5-12(13)9-24/h1-4,8-9,11-13H,5-7H2,(H,22,23)/t11?,12-,13-/m0/s1. The maximum absolute atomic E-state index is 13.8. The lowest BCUT2D eigenvalue weighted by Gasteiger charge is -2.11. The Bertz CT molecular complexity index is 980.